The molecular formula is C23H19BrF3N3O3S. The van der Waals surface area contributed by atoms with E-state index >= 15 is 0 Å². The van der Waals surface area contributed by atoms with Gasteiger partial charge in [-0.15, -0.1) is 0 Å². The summed E-state index contributed by atoms with van der Waals surface area (Å²) < 4.78 is 66.2. The molecule has 3 aromatic rings. The van der Waals surface area contributed by atoms with E-state index in [1.807, 2.05) is 6.07 Å². The molecule has 0 aliphatic carbocycles. The highest BCUT2D eigenvalue weighted by Crippen LogP contribution is 2.31. The number of hydrogen-bond acceptors (Lipinski definition) is 4. The standard InChI is InChI=1S/C23H19BrF3N3O3S/c1-30(34(32,33)20-11-9-18(10-12-20)23(25,26)27)21-8-3-2-6-17(21)15-28-29-22(31)14-16-5-4-7-19(24)13-16/h2-13,15H,14H2,1H3,(H,29,31). The number of hydrazone groups is 1. The molecular weight excluding hydrogens is 535 g/mol. The minimum absolute atomic E-state index is 0.0978. The summed E-state index contributed by atoms with van der Waals surface area (Å²) in [5, 5.41) is 3.91. The number of para-hydroxylation sites is 1. The summed E-state index contributed by atoms with van der Waals surface area (Å²) in [6.07, 6.45) is -3.17. The molecule has 0 saturated heterocycles. The number of benzene rings is 3. The summed E-state index contributed by atoms with van der Waals surface area (Å²) in [6.45, 7) is 0. The molecule has 0 heterocycles. The van der Waals surface area contributed by atoms with E-state index in [1.54, 1.807) is 36.4 Å². The Balaban J connectivity index is 1.76. The minimum atomic E-state index is -4.57. The van der Waals surface area contributed by atoms with Crippen LogP contribution in [-0.4, -0.2) is 27.6 Å². The number of amides is 1. The van der Waals surface area contributed by atoms with Crippen LogP contribution in [0.4, 0.5) is 18.9 Å². The quantitative estimate of drug-likeness (QED) is 0.331. The maximum Gasteiger partial charge on any atom is 0.416 e. The SMILES string of the molecule is CN(c1ccccc1C=NNC(=O)Cc1cccc(Br)c1)S(=O)(=O)c1ccc(C(F)(F)F)cc1. The molecule has 11 heteroatoms. The Morgan fingerprint density at radius 2 is 1.74 bits per heavy atom. The number of nitrogens with one attached hydrogen (secondary N) is 1. The van der Waals surface area contributed by atoms with Crippen molar-refractivity contribution in [3.63, 3.8) is 0 Å². The molecule has 0 aliphatic rings. The number of carbonyl (C=O) groups excluding carboxylic acids is 1. The van der Waals surface area contributed by atoms with Crippen molar-refractivity contribution in [1.29, 1.82) is 0 Å². The molecule has 0 spiro atoms. The first-order chi connectivity index (χ1) is 16.0. The van der Waals surface area contributed by atoms with Gasteiger partial charge >= 0.3 is 6.18 Å². The van der Waals surface area contributed by atoms with Crippen molar-refractivity contribution in [2.75, 3.05) is 11.4 Å². The van der Waals surface area contributed by atoms with E-state index in [0.717, 1.165) is 38.6 Å². The summed E-state index contributed by atoms with van der Waals surface area (Å²) in [4.78, 5) is 11.9. The Labute approximate surface area is 203 Å². The van der Waals surface area contributed by atoms with Gasteiger partial charge in [0.05, 0.1) is 28.8 Å². The van der Waals surface area contributed by atoms with Gasteiger partial charge in [-0.25, -0.2) is 13.8 Å². The van der Waals surface area contributed by atoms with Crippen molar-refractivity contribution in [2.24, 2.45) is 5.10 Å². The first-order valence-electron chi connectivity index (χ1n) is 9.80. The van der Waals surface area contributed by atoms with Gasteiger partial charge in [-0.2, -0.15) is 18.3 Å². The zero-order valence-electron chi connectivity index (χ0n) is 17.8. The topological polar surface area (TPSA) is 78.8 Å². The maximum atomic E-state index is 13.0. The molecule has 0 saturated carbocycles. The molecule has 1 N–H and O–H groups in total. The molecule has 3 aromatic carbocycles. The second-order valence-electron chi connectivity index (χ2n) is 7.15. The fourth-order valence-electron chi connectivity index (χ4n) is 3.03. The summed E-state index contributed by atoms with van der Waals surface area (Å²) >= 11 is 3.34. The van der Waals surface area contributed by atoms with Crippen LogP contribution in [0.5, 0.6) is 0 Å². The van der Waals surface area contributed by atoms with E-state index in [4.69, 9.17) is 0 Å². The van der Waals surface area contributed by atoms with Gasteiger partial charge in [0.25, 0.3) is 10.0 Å². The number of sulfonamides is 1. The van der Waals surface area contributed by atoms with Crippen molar-refractivity contribution in [1.82, 2.24) is 5.43 Å². The van der Waals surface area contributed by atoms with Crippen molar-refractivity contribution < 1.29 is 26.4 Å². The highest BCUT2D eigenvalue weighted by Gasteiger charge is 2.31. The number of alkyl halides is 3. The molecule has 0 fully saturated rings. The van der Waals surface area contributed by atoms with Crippen molar-refractivity contribution in [2.45, 2.75) is 17.5 Å². The Kier molecular flexibility index (Phi) is 7.78. The van der Waals surface area contributed by atoms with Gasteiger partial charge in [0.1, 0.15) is 0 Å². The number of carbonyl (C=O) groups is 1. The maximum absolute atomic E-state index is 13.0. The average Bonchev–Trinajstić information content (AvgIpc) is 2.78. The Bertz CT molecular complexity index is 1310. The Hall–Kier alpha value is -3.18. The molecule has 0 bridgehead atoms. The van der Waals surface area contributed by atoms with Gasteiger partial charge in [0.15, 0.2) is 0 Å². The molecule has 0 atom stereocenters. The fourth-order valence-corrected chi connectivity index (χ4v) is 4.70. The van der Waals surface area contributed by atoms with Crippen LogP contribution in [0.1, 0.15) is 16.7 Å². The Morgan fingerprint density at radius 1 is 1.06 bits per heavy atom. The van der Waals surface area contributed by atoms with Gasteiger partial charge < -0.3 is 0 Å². The van der Waals surface area contributed by atoms with E-state index in [1.165, 1.54) is 19.3 Å². The summed E-state index contributed by atoms with van der Waals surface area (Å²) in [5.41, 5.74) is 2.84. The lowest BCUT2D eigenvalue weighted by atomic mass is 10.1. The second kappa shape index (κ2) is 10.4. The molecule has 1 amide bonds. The van der Waals surface area contributed by atoms with Crippen LogP contribution in [0, 0.1) is 0 Å². The third-order valence-corrected chi connectivity index (χ3v) is 7.04. The largest absolute Gasteiger partial charge is 0.416 e. The van der Waals surface area contributed by atoms with E-state index in [0.29, 0.717) is 5.56 Å². The van der Waals surface area contributed by atoms with E-state index in [-0.39, 0.29) is 22.9 Å². The third-order valence-electron chi connectivity index (χ3n) is 4.76. The summed E-state index contributed by atoms with van der Waals surface area (Å²) in [7, 11) is -2.87. The molecule has 6 nitrogen and oxygen atoms in total. The lowest BCUT2D eigenvalue weighted by Crippen LogP contribution is -2.27. The van der Waals surface area contributed by atoms with Crippen LogP contribution in [0.25, 0.3) is 0 Å². The predicted molar refractivity (Wildman–Crippen MR) is 127 cm³/mol. The highest BCUT2D eigenvalue weighted by molar-refractivity contribution is 9.10. The predicted octanol–water partition coefficient (Wildman–Crippen LogP) is 4.99. The monoisotopic (exact) mass is 553 g/mol. The molecule has 178 valence electrons. The van der Waals surface area contributed by atoms with Crippen molar-refractivity contribution >= 4 is 43.8 Å². The molecule has 3 rings (SSSR count). The van der Waals surface area contributed by atoms with E-state index < -0.39 is 21.8 Å². The lowest BCUT2D eigenvalue weighted by molar-refractivity contribution is -0.137. The van der Waals surface area contributed by atoms with Gasteiger partial charge in [0, 0.05) is 17.1 Å². The molecule has 0 unspecified atom stereocenters. The van der Waals surface area contributed by atoms with Crippen LogP contribution < -0.4 is 9.73 Å². The van der Waals surface area contributed by atoms with Gasteiger partial charge in [-0.05, 0) is 48.0 Å². The highest BCUT2D eigenvalue weighted by atomic mass is 79.9. The zero-order chi connectivity index (χ0) is 24.9. The molecule has 0 radical (unpaired) electrons. The van der Waals surface area contributed by atoms with E-state index in [9.17, 15) is 26.4 Å². The fraction of sp³-hybridized carbons (Fsp3) is 0.130. The number of nitrogens with zero attached hydrogens (tertiary/aromatic N) is 2. The van der Waals surface area contributed by atoms with Crippen LogP contribution in [-0.2, 0) is 27.4 Å². The second-order valence-corrected chi connectivity index (χ2v) is 10.0. The van der Waals surface area contributed by atoms with Crippen molar-refractivity contribution in [3.05, 3.63) is 94.0 Å². The molecule has 0 aromatic heterocycles. The Morgan fingerprint density at radius 3 is 2.38 bits per heavy atom. The smallest absolute Gasteiger partial charge is 0.273 e. The third kappa shape index (κ3) is 6.23. The number of hydrogen-bond donors (Lipinski definition) is 1. The van der Waals surface area contributed by atoms with Crippen LogP contribution in [0.15, 0.2) is 87.3 Å². The van der Waals surface area contributed by atoms with Crippen LogP contribution in [0.2, 0.25) is 0 Å². The van der Waals surface area contributed by atoms with Crippen molar-refractivity contribution in [3.8, 4) is 0 Å². The number of halogens is 4. The first-order valence-corrected chi connectivity index (χ1v) is 12.0. The first kappa shape index (κ1) is 25.4. The van der Waals surface area contributed by atoms with Gasteiger partial charge in [-0.3, -0.25) is 9.10 Å². The molecule has 34 heavy (non-hydrogen) atoms. The normalized spacial score (nSPS) is 12.0. The zero-order valence-corrected chi connectivity index (χ0v) is 20.2. The lowest BCUT2D eigenvalue weighted by Gasteiger charge is -2.21. The van der Waals surface area contributed by atoms with Gasteiger partial charge in [-0.1, -0.05) is 46.3 Å². The van der Waals surface area contributed by atoms with Crippen LogP contribution >= 0.6 is 15.9 Å². The average molecular weight is 554 g/mol. The minimum Gasteiger partial charge on any atom is -0.273 e. The number of anilines is 1. The van der Waals surface area contributed by atoms with Crippen LogP contribution in [0.3, 0.4) is 0 Å². The summed E-state index contributed by atoms with van der Waals surface area (Å²) in [5.74, 6) is -0.363. The number of rotatable bonds is 7. The van der Waals surface area contributed by atoms with Gasteiger partial charge in [0.2, 0.25) is 5.91 Å². The van der Waals surface area contributed by atoms with E-state index in [2.05, 4.69) is 26.5 Å². The summed E-state index contributed by atoms with van der Waals surface area (Å²) in [6, 6.07) is 16.9. The molecule has 0 aliphatic heterocycles.